The third kappa shape index (κ3) is 7.68. The molecule has 2 rings (SSSR count). The molecule has 0 radical (unpaired) electrons. The third-order valence-electron chi connectivity index (χ3n) is 3.63. The molecule has 0 saturated carbocycles. The van der Waals surface area contributed by atoms with E-state index in [1.807, 2.05) is 26.0 Å². The summed E-state index contributed by atoms with van der Waals surface area (Å²) in [6.45, 7) is 7.32. The Hall–Kier alpha value is -2.57. The van der Waals surface area contributed by atoms with Crippen LogP contribution in [-0.4, -0.2) is 45.5 Å². The summed E-state index contributed by atoms with van der Waals surface area (Å²) in [7, 11) is 0. The van der Waals surface area contributed by atoms with Gasteiger partial charge in [-0.05, 0) is 62.4 Å². The number of hydrogen-bond acceptors (Lipinski definition) is 5. The van der Waals surface area contributed by atoms with Crippen LogP contribution in [0.2, 0.25) is 0 Å². The zero-order valence-corrected chi connectivity index (χ0v) is 15.9. The highest BCUT2D eigenvalue weighted by Gasteiger charge is 2.07. The van der Waals surface area contributed by atoms with Crippen molar-refractivity contribution in [2.24, 2.45) is 0 Å². The highest BCUT2D eigenvalue weighted by atomic mass is 16.5. The number of rotatable bonds is 12. The molecule has 0 spiro atoms. The minimum Gasteiger partial charge on any atom is -0.491 e. The fraction of sp³-hybridized carbons (Fsp3) is 0.381. The minimum atomic E-state index is -0.180. The molecule has 27 heavy (non-hydrogen) atoms. The lowest BCUT2D eigenvalue weighted by Crippen LogP contribution is -2.12. The quantitative estimate of drug-likeness (QED) is 0.574. The molecule has 146 valence electrons. The van der Waals surface area contributed by atoms with E-state index in [-0.39, 0.29) is 5.91 Å². The number of hydrogen-bond donors (Lipinski definition) is 1. The summed E-state index contributed by atoms with van der Waals surface area (Å²) in [4.78, 5) is 12.3. The number of ether oxygens (including phenoxy) is 4. The number of carbonyl (C=O) groups excluding carboxylic acids is 1. The van der Waals surface area contributed by atoms with Crippen LogP contribution in [-0.2, 0) is 9.47 Å². The summed E-state index contributed by atoms with van der Waals surface area (Å²) < 4.78 is 21.5. The lowest BCUT2D eigenvalue weighted by molar-refractivity contribution is 0.102. The van der Waals surface area contributed by atoms with Crippen LogP contribution in [0.25, 0.3) is 0 Å². The molecule has 0 aromatic heterocycles. The maximum Gasteiger partial charge on any atom is 0.255 e. The predicted octanol–water partition coefficient (Wildman–Crippen LogP) is 3.77. The molecule has 0 fully saturated rings. The molecule has 1 amide bonds. The second-order valence-electron chi connectivity index (χ2n) is 5.59. The number of nitrogens with one attached hydrogen (secondary N) is 1. The average Bonchev–Trinajstić information content (AvgIpc) is 2.70. The second-order valence-corrected chi connectivity index (χ2v) is 5.59. The molecule has 2 aromatic carbocycles. The Morgan fingerprint density at radius 2 is 1.22 bits per heavy atom. The normalized spacial score (nSPS) is 10.4. The minimum absolute atomic E-state index is 0.180. The van der Waals surface area contributed by atoms with E-state index in [9.17, 15) is 4.79 Å². The van der Waals surface area contributed by atoms with Crippen LogP contribution in [0, 0.1) is 0 Å². The maximum atomic E-state index is 12.3. The Morgan fingerprint density at radius 1 is 0.741 bits per heavy atom. The highest BCUT2D eigenvalue weighted by molar-refractivity contribution is 6.04. The van der Waals surface area contributed by atoms with Gasteiger partial charge < -0.3 is 24.3 Å². The van der Waals surface area contributed by atoms with Gasteiger partial charge in [0, 0.05) is 24.5 Å². The smallest absolute Gasteiger partial charge is 0.255 e. The van der Waals surface area contributed by atoms with Crippen molar-refractivity contribution in [1.29, 1.82) is 0 Å². The summed E-state index contributed by atoms with van der Waals surface area (Å²) in [5.74, 6) is 1.27. The van der Waals surface area contributed by atoms with Gasteiger partial charge in [0.1, 0.15) is 24.7 Å². The Bertz CT molecular complexity index is 670. The van der Waals surface area contributed by atoms with Crippen LogP contribution >= 0.6 is 0 Å². The first-order chi connectivity index (χ1) is 13.2. The van der Waals surface area contributed by atoms with Gasteiger partial charge in [-0.3, -0.25) is 4.79 Å². The van der Waals surface area contributed by atoms with Crippen LogP contribution in [0.15, 0.2) is 48.5 Å². The number of carbonyl (C=O) groups is 1. The van der Waals surface area contributed by atoms with Gasteiger partial charge in [0.15, 0.2) is 0 Å². The van der Waals surface area contributed by atoms with Crippen molar-refractivity contribution in [2.45, 2.75) is 13.8 Å². The maximum absolute atomic E-state index is 12.3. The van der Waals surface area contributed by atoms with E-state index in [2.05, 4.69) is 5.32 Å². The third-order valence-corrected chi connectivity index (χ3v) is 3.63. The van der Waals surface area contributed by atoms with E-state index in [0.717, 1.165) is 5.75 Å². The Balaban J connectivity index is 1.80. The van der Waals surface area contributed by atoms with Crippen molar-refractivity contribution in [3.05, 3.63) is 54.1 Å². The molecule has 0 aliphatic rings. The van der Waals surface area contributed by atoms with Gasteiger partial charge in [-0.25, -0.2) is 0 Å². The zero-order chi connectivity index (χ0) is 19.3. The molecular formula is C21H27NO5. The van der Waals surface area contributed by atoms with Crippen molar-refractivity contribution < 1.29 is 23.7 Å². The number of anilines is 1. The summed E-state index contributed by atoms with van der Waals surface area (Å²) in [5.41, 5.74) is 1.26. The van der Waals surface area contributed by atoms with E-state index in [4.69, 9.17) is 18.9 Å². The van der Waals surface area contributed by atoms with Gasteiger partial charge >= 0.3 is 0 Å². The molecule has 2 aromatic rings. The topological polar surface area (TPSA) is 66.0 Å². The second kappa shape index (κ2) is 11.9. The molecule has 0 atom stereocenters. The van der Waals surface area contributed by atoms with Gasteiger partial charge in [0.05, 0.1) is 13.2 Å². The predicted molar refractivity (Wildman–Crippen MR) is 105 cm³/mol. The van der Waals surface area contributed by atoms with E-state index in [1.54, 1.807) is 36.4 Å². The van der Waals surface area contributed by atoms with Crippen molar-refractivity contribution >= 4 is 11.6 Å². The molecule has 0 aliphatic carbocycles. The lowest BCUT2D eigenvalue weighted by atomic mass is 10.2. The fourth-order valence-corrected chi connectivity index (χ4v) is 2.27. The van der Waals surface area contributed by atoms with E-state index in [1.165, 1.54) is 0 Å². The van der Waals surface area contributed by atoms with Gasteiger partial charge in [0.2, 0.25) is 0 Å². The molecule has 0 aliphatic heterocycles. The molecule has 1 N–H and O–H groups in total. The fourth-order valence-electron chi connectivity index (χ4n) is 2.27. The van der Waals surface area contributed by atoms with E-state index in [0.29, 0.717) is 56.6 Å². The first-order valence-electron chi connectivity index (χ1n) is 9.15. The van der Waals surface area contributed by atoms with Crippen LogP contribution in [0.1, 0.15) is 24.2 Å². The molecular weight excluding hydrogens is 346 g/mol. The number of amides is 1. The van der Waals surface area contributed by atoms with Crippen LogP contribution < -0.4 is 14.8 Å². The molecule has 6 nitrogen and oxygen atoms in total. The molecule has 0 saturated heterocycles. The Labute approximate surface area is 160 Å². The first-order valence-corrected chi connectivity index (χ1v) is 9.15. The Kier molecular flexibility index (Phi) is 9.17. The van der Waals surface area contributed by atoms with Crippen LogP contribution in [0.4, 0.5) is 5.69 Å². The molecule has 0 unspecified atom stereocenters. The van der Waals surface area contributed by atoms with Gasteiger partial charge in [-0.2, -0.15) is 0 Å². The summed E-state index contributed by atoms with van der Waals surface area (Å²) >= 11 is 0. The monoisotopic (exact) mass is 373 g/mol. The highest BCUT2D eigenvalue weighted by Crippen LogP contribution is 2.17. The lowest BCUT2D eigenvalue weighted by Gasteiger charge is -2.09. The van der Waals surface area contributed by atoms with E-state index >= 15 is 0 Å². The molecule has 0 heterocycles. The first kappa shape index (κ1) is 20.7. The largest absolute Gasteiger partial charge is 0.491 e. The van der Waals surface area contributed by atoms with Gasteiger partial charge in [0.25, 0.3) is 5.91 Å². The van der Waals surface area contributed by atoms with Gasteiger partial charge in [-0.1, -0.05) is 0 Å². The average molecular weight is 373 g/mol. The standard InChI is InChI=1S/C21H27NO5/c1-3-24-13-15-26-19-9-5-17(6-10-19)21(23)22-18-7-11-20(12-8-18)27-16-14-25-4-2/h5-12H,3-4,13-16H2,1-2H3,(H,22,23). The van der Waals surface area contributed by atoms with E-state index < -0.39 is 0 Å². The van der Waals surface area contributed by atoms with Crippen molar-refractivity contribution in [3.63, 3.8) is 0 Å². The Morgan fingerprint density at radius 3 is 1.70 bits per heavy atom. The van der Waals surface area contributed by atoms with Crippen molar-refractivity contribution in [1.82, 2.24) is 0 Å². The summed E-state index contributed by atoms with van der Waals surface area (Å²) in [6, 6.07) is 14.3. The van der Waals surface area contributed by atoms with Crippen molar-refractivity contribution in [3.8, 4) is 11.5 Å². The summed E-state index contributed by atoms with van der Waals surface area (Å²) in [6.07, 6.45) is 0. The zero-order valence-electron chi connectivity index (χ0n) is 15.9. The SMILES string of the molecule is CCOCCOc1ccc(NC(=O)c2ccc(OCCOCC)cc2)cc1. The van der Waals surface area contributed by atoms with Crippen LogP contribution in [0.3, 0.4) is 0 Å². The van der Waals surface area contributed by atoms with Gasteiger partial charge in [-0.15, -0.1) is 0 Å². The summed E-state index contributed by atoms with van der Waals surface area (Å²) in [5, 5.41) is 2.86. The van der Waals surface area contributed by atoms with Crippen molar-refractivity contribution in [2.75, 3.05) is 45.0 Å². The number of benzene rings is 2. The molecule has 6 heteroatoms. The van der Waals surface area contributed by atoms with Crippen LogP contribution in [0.5, 0.6) is 11.5 Å². The molecule has 0 bridgehead atoms.